The zero-order chi connectivity index (χ0) is 18.2. The van der Waals surface area contributed by atoms with Crippen LogP contribution in [0.2, 0.25) is 0 Å². The van der Waals surface area contributed by atoms with Crippen molar-refractivity contribution in [2.45, 2.75) is 45.3 Å². The minimum absolute atomic E-state index is 0.0378. The molecule has 8 heteroatoms. The van der Waals surface area contributed by atoms with E-state index in [0.717, 1.165) is 5.39 Å². The van der Waals surface area contributed by atoms with Crippen LogP contribution in [0.4, 0.5) is 10.7 Å². The maximum atomic E-state index is 12.4. The third-order valence-electron chi connectivity index (χ3n) is 4.17. The fourth-order valence-corrected chi connectivity index (χ4v) is 3.04. The smallest absolute Gasteiger partial charge is 0.410 e. The molecule has 3 rings (SSSR count). The molecule has 1 fully saturated rings. The van der Waals surface area contributed by atoms with Crippen LogP contribution in [0.5, 0.6) is 0 Å². The molecule has 0 radical (unpaired) electrons. The van der Waals surface area contributed by atoms with Crippen LogP contribution < -0.4 is 11.3 Å². The van der Waals surface area contributed by atoms with Crippen LogP contribution >= 0.6 is 0 Å². The van der Waals surface area contributed by atoms with Gasteiger partial charge in [0.05, 0.1) is 0 Å². The normalized spacial score (nSPS) is 16.2. The Morgan fingerprint density at radius 1 is 1.28 bits per heavy atom. The Balaban J connectivity index is 1.81. The maximum Gasteiger partial charge on any atom is 0.410 e. The number of hydrogen-bond donors (Lipinski definition) is 1. The van der Waals surface area contributed by atoms with Crippen LogP contribution in [0, 0.1) is 0 Å². The van der Waals surface area contributed by atoms with Gasteiger partial charge < -0.3 is 15.4 Å². The van der Waals surface area contributed by atoms with Crippen LogP contribution in [0.1, 0.15) is 39.7 Å². The highest BCUT2D eigenvalue weighted by molar-refractivity contribution is 5.75. The summed E-state index contributed by atoms with van der Waals surface area (Å²) in [4.78, 5) is 34.5. The SMILES string of the molecule is CC(C)(C)OC(=O)N1CCC(n2c(=O)ccc3cnc(N)nc32)CC1. The topological polar surface area (TPSA) is 103 Å². The lowest BCUT2D eigenvalue weighted by molar-refractivity contribution is 0.0189. The maximum absolute atomic E-state index is 12.4. The number of nitrogens with two attached hydrogens (primary N) is 1. The number of hydrogen-bond acceptors (Lipinski definition) is 6. The van der Waals surface area contributed by atoms with Crippen molar-refractivity contribution in [1.82, 2.24) is 19.4 Å². The summed E-state index contributed by atoms with van der Waals surface area (Å²) in [5, 5.41) is 0.767. The molecule has 8 nitrogen and oxygen atoms in total. The molecule has 1 saturated heterocycles. The van der Waals surface area contributed by atoms with Crippen LogP contribution in [0.3, 0.4) is 0 Å². The average Bonchev–Trinajstić information content (AvgIpc) is 2.53. The molecule has 25 heavy (non-hydrogen) atoms. The van der Waals surface area contributed by atoms with Crippen molar-refractivity contribution >= 4 is 23.1 Å². The molecule has 1 amide bonds. The zero-order valence-electron chi connectivity index (χ0n) is 14.7. The average molecular weight is 345 g/mol. The number of anilines is 1. The van der Waals surface area contributed by atoms with E-state index in [2.05, 4.69) is 9.97 Å². The number of fused-ring (bicyclic) bond motifs is 1. The van der Waals surface area contributed by atoms with Gasteiger partial charge in [0.25, 0.3) is 5.56 Å². The number of piperidine rings is 1. The van der Waals surface area contributed by atoms with Gasteiger partial charge in [-0.3, -0.25) is 9.36 Å². The number of carbonyl (C=O) groups excluding carboxylic acids is 1. The van der Waals surface area contributed by atoms with Gasteiger partial charge >= 0.3 is 6.09 Å². The van der Waals surface area contributed by atoms with E-state index in [0.29, 0.717) is 31.6 Å². The van der Waals surface area contributed by atoms with Crippen molar-refractivity contribution in [2.24, 2.45) is 0 Å². The molecule has 134 valence electrons. The summed E-state index contributed by atoms with van der Waals surface area (Å²) in [6, 6.07) is 3.18. The lowest BCUT2D eigenvalue weighted by Gasteiger charge is -2.34. The standard InChI is InChI=1S/C17H23N5O3/c1-17(2,3)25-16(24)21-8-6-12(7-9-21)22-13(23)5-4-11-10-19-15(18)20-14(11)22/h4-5,10,12H,6-9H2,1-3H3,(H2,18,19,20). The molecule has 0 aliphatic carbocycles. The van der Waals surface area contributed by atoms with Gasteiger partial charge in [-0.25, -0.2) is 9.78 Å². The van der Waals surface area contributed by atoms with Gasteiger partial charge in [-0.15, -0.1) is 0 Å². The summed E-state index contributed by atoms with van der Waals surface area (Å²) in [6.07, 6.45) is 2.61. The van der Waals surface area contributed by atoms with E-state index in [1.54, 1.807) is 21.7 Å². The first kappa shape index (κ1) is 17.2. The van der Waals surface area contributed by atoms with Crippen LogP contribution in [0.15, 0.2) is 23.1 Å². The second kappa shape index (κ2) is 6.34. The number of nitrogen functional groups attached to an aromatic ring is 1. The predicted molar refractivity (Wildman–Crippen MR) is 94.3 cm³/mol. The summed E-state index contributed by atoms with van der Waals surface area (Å²) in [6.45, 7) is 6.60. The minimum Gasteiger partial charge on any atom is -0.444 e. The molecule has 0 aromatic carbocycles. The molecular formula is C17H23N5O3. The first-order valence-corrected chi connectivity index (χ1v) is 8.36. The van der Waals surface area contributed by atoms with Crippen molar-refractivity contribution in [1.29, 1.82) is 0 Å². The van der Waals surface area contributed by atoms with Gasteiger partial charge in [-0.05, 0) is 39.7 Å². The molecule has 0 spiro atoms. The Kier molecular flexibility index (Phi) is 4.36. The predicted octanol–water partition coefficient (Wildman–Crippen LogP) is 1.95. The van der Waals surface area contributed by atoms with E-state index in [-0.39, 0.29) is 23.6 Å². The van der Waals surface area contributed by atoms with E-state index in [1.807, 2.05) is 20.8 Å². The van der Waals surface area contributed by atoms with Crippen LogP contribution in [0.25, 0.3) is 11.0 Å². The largest absolute Gasteiger partial charge is 0.444 e. The third-order valence-corrected chi connectivity index (χ3v) is 4.17. The quantitative estimate of drug-likeness (QED) is 0.847. The Labute approximate surface area is 145 Å². The van der Waals surface area contributed by atoms with Gasteiger partial charge in [-0.1, -0.05) is 0 Å². The molecule has 3 heterocycles. The molecule has 1 aliphatic heterocycles. The Hall–Kier alpha value is -2.64. The zero-order valence-corrected chi connectivity index (χ0v) is 14.7. The van der Waals surface area contributed by atoms with Crippen molar-refractivity contribution in [3.05, 3.63) is 28.7 Å². The number of pyridine rings is 1. The highest BCUT2D eigenvalue weighted by atomic mass is 16.6. The number of nitrogens with zero attached hydrogens (tertiary/aromatic N) is 4. The number of ether oxygens (including phenoxy) is 1. The number of amides is 1. The number of aromatic nitrogens is 3. The molecule has 2 aromatic heterocycles. The summed E-state index contributed by atoms with van der Waals surface area (Å²) >= 11 is 0. The third kappa shape index (κ3) is 3.72. The molecule has 0 saturated carbocycles. The summed E-state index contributed by atoms with van der Waals surface area (Å²) in [7, 11) is 0. The second-order valence-corrected chi connectivity index (χ2v) is 7.25. The summed E-state index contributed by atoms with van der Waals surface area (Å²) < 4.78 is 7.08. The first-order chi connectivity index (χ1) is 11.7. The highest BCUT2D eigenvalue weighted by Crippen LogP contribution is 2.25. The second-order valence-electron chi connectivity index (χ2n) is 7.25. The summed E-state index contributed by atoms with van der Waals surface area (Å²) in [5.41, 5.74) is 5.58. The Bertz CT molecular complexity index is 847. The van der Waals surface area contributed by atoms with Gasteiger partial charge in [0.2, 0.25) is 5.95 Å². The molecule has 1 aliphatic rings. The molecule has 2 N–H and O–H groups in total. The van der Waals surface area contributed by atoms with Gasteiger partial charge in [0, 0.05) is 36.8 Å². The number of likely N-dealkylation sites (tertiary alicyclic amines) is 1. The monoisotopic (exact) mass is 345 g/mol. The molecule has 0 bridgehead atoms. The lowest BCUT2D eigenvalue weighted by atomic mass is 10.0. The van der Waals surface area contributed by atoms with E-state index in [4.69, 9.17) is 10.5 Å². The first-order valence-electron chi connectivity index (χ1n) is 8.36. The number of carbonyl (C=O) groups is 1. The van der Waals surface area contributed by atoms with Crippen LogP contribution in [-0.4, -0.2) is 44.2 Å². The molecular weight excluding hydrogens is 322 g/mol. The van der Waals surface area contributed by atoms with E-state index < -0.39 is 5.60 Å². The van der Waals surface area contributed by atoms with E-state index >= 15 is 0 Å². The molecule has 2 aromatic rings. The van der Waals surface area contributed by atoms with E-state index in [9.17, 15) is 9.59 Å². The van der Waals surface area contributed by atoms with Crippen molar-refractivity contribution < 1.29 is 9.53 Å². The van der Waals surface area contributed by atoms with Crippen molar-refractivity contribution in [2.75, 3.05) is 18.8 Å². The van der Waals surface area contributed by atoms with Gasteiger partial charge in [0.1, 0.15) is 11.2 Å². The van der Waals surface area contributed by atoms with Crippen LogP contribution in [-0.2, 0) is 4.74 Å². The highest BCUT2D eigenvalue weighted by Gasteiger charge is 2.28. The summed E-state index contributed by atoms with van der Waals surface area (Å²) in [5.74, 6) is 0.137. The molecule has 0 unspecified atom stereocenters. The van der Waals surface area contributed by atoms with Crippen molar-refractivity contribution in [3.63, 3.8) is 0 Å². The molecule has 0 atom stereocenters. The lowest BCUT2D eigenvalue weighted by Crippen LogP contribution is -2.43. The fourth-order valence-electron chi connectivity index (χ4n) is 3.04. The van der Waals surface area contributed by atoms with Gasteiger partial charge in [0.15, 0.2) is 0 Å². The number of rotatable bonds is 1. The van der Waals surface area contributed by atoms with Gasteiger partial charge in [-0.2, -0.15) is 4.98 Å². The fraction of sp³-hybridized carbons (Fsp3) is 0.529. The Morgan fingerprint density at radius 3 is 2.60 bits per heavy atom. The van der Waals surface area contributed by atoms with Crippen molar-refractivity contribution in [3.8, 4) is 0 Å². The Morgan fingerprint density at radius 2 is 1.96 bits per heavy atom. The van der Waals surface area contributed by atoms with E-state index in [1.165, 1.54) is 6.07 Å². The minimum atomic E-state index is -0.519.